The van der Waals surface area contributed by atoms with Crippen molar-refractivity contribution in [3.05, 3.63) is 35.4 Å². The van der Waals surface area contributed by atoms with E-state index in [9.17, 15) is 34.0 Å². The second-order valence-electron chi connectivity index (χ2n) is 21.0. The first-order chi connectivity index (χ1) is 30.2. The molecule has 17 atom stereocenters. The maximum Gasteiger partial charge on any atom is 0.311 e. The Bertz CT molecular complexity index is 1680. The molecule has 0 aliphatic carbocycles. The number of nitrogens with zero attached hydrogens (tertiary/aromatic N) is 2. The van der Waals surface area contributed by atoms with Crippen LogP contribution >= 0.6 is 0 Å². The normalized spacial score (nSPS) is 41.7. The lowest BCUT2D eigenvalue weighted by molar-refractivity contribution is -0.334. The summed E-state index contributed by atoms with van der Waals surface area (Å²) in [4.78, 5) is 18.9. The zero-order valence-electron chi connectivity index (χ0n) is 42.0. The zero-order valence-corrected chi connectivity index (χ0v) is 42.0. The van der Waals surface area contributed by atoms with Crippen LogP contribution in [0.4, 0.5) is 8.78 Å². The van der Waals surface area contributed by atoms with Crippen LogP contribution in [0.1, 0.15) is 121 Å². The van der Waals surface area contributed by atoms with Crippen molar-refractivity contribution in [1.29, 1.82) is 0 Å². The average Bonchev–Trinajstić information content (AvgIpc) is 3.22. The summed E-state index contributed by atoms with van der Waals surface area (Å²) in [5.74, 6) is -4.07. The van der Waals surface area contributed by atoms with Crippen molar-refractivity contribution in [3.8, 4) is 0 Å². The Morgan fingerprint density at radius 3 is 2.22 bits per heavy atom. The van der Waals surface area contributed by atoms with Gasteiger partial charge in [-0.2, -0.15) is 0 Å². The van der Waals surface area contributed by atoms with Crippen molar-refractivity contribution in [2.24, 2.45) is 23.2 Å². The average molecular weight is 930 g/mol. The number of likely N-dealkylation sites (N-methyl/N-ethyl adjacent to an activating group) is 1. The van der Waals surface area contributed by atoms with Crippen LogP contribution in [0.25, 0.3) is 0 Å². The first-order valence-corrected chi connectivity index (χ1v) is 23.9. The minimum atomic E-state index is -1.80. The fourth-order valence-corrected chi connectivity index (χ4v) is 10.9. The van der Waals surface area contributed by atoms with Crippen LogP contribution in [0.3, 0.4) is 0 Å². The van der Waals surface area contributed by atoms with Gasteiger partial charge < -0.3 is 64.0 Å². The molecule has 1 aromatic carbocycles. The Labute approximate surface area is 388 Å². The minimum absolute atomic E-state index is 0.00112. The third kappa shape index (κ3) is 12.6. The van der Waals surface area contributed by atoms with Gasteiger partial charge in [0.05, 0.1) is 36.4 Å². The van der Waals surface area contributed by atoms with Crippen molar-refractivity contribution in [2.75, 3.05) is 40.8 Å². The maximum atomic E-state index is 14.6. The minimum Gasteiger partial charge on any atom is -0.459 e. The van der Waals surface area contributed by atoms with E-state index in [1.54, 1.807) is 27.7 Å². The smallest absolute Gasteiger partial charge is 0.311 e. The number of cyclic esters (lactones) is 1. The molecule has 3 fully saturated rings. The molecule has 376 valence electrons. The molecule has 0 bridgehead atoms. The van der Waals surface area contributed by atoms with Gasteiger partial charge in [-0.15, -0.1) is 0 Å². The summed E-state index contributed by atoms with van der Waals surface area (Å²) in [5.41, 5.74) is -5.21. The summed E-state index contributed by atoms with van der Waals surface area (Å²) in [6, 6.07) is 3.04. The third-order valence-electron chi connectivity index (χ3n) is 15.1. The monoisotopic (exact) mass is 930 g/mol. The molecular formula is C49H85F2N3O11. The quantitative estimate of drug-likeness (QED) is 0.160. The molecule has 5 N–H and O–H groups in total. The van der Waals surface area contributed by atoms with Gasteiger partial charge in [0.15, 0.2) is 12.6 Å². The molecule has 3 aliphatic rings. The van der Waals surface area contributed by atoms with E-state index >= 15 is 0 Å². The standard InChI is InChI=1S/C49H85F2N3O11/c1-16-20-54-26-28(3)42(56)48(12,58)38(17-2)63-44(57)32(7)41(31(6)43(46(9,10)23-29(54)4)65-45-40(55)37(53(13)14)21-30(5)61-45)64-39-24-47(11,60-15)49(59,33(8)62-39)27-52-25-34-18-19-35(50)22-36(34)51/h18-19,22,28-33,37-43,45,52,55-56,58-59H,16-17,20-21,23-27H2,1-15H3/t28-,29+,30+,31-,32+,33-,37-,38+,39+,40+,41+,42+,43+,45-,47-,48+,49+/m0/s1. The Kier molecular flexibility index (Phi) is 19.4. The molecule has 0 amide bonds. The summed E-state index contributed by atoms with van der Waals surface area (Å²) in [5, 5.41) is 51.0. The highest BCUT2D eigenvalue weighted by atomic mass is 19.1. The van der Waals surface area contributed by atoms with Gasteiger partial charge in [0.2, 0.25) is 0 Å². The van der Waals surface area contributed by atoms with E-state index in [2.05, 4.69) is 37.9 Å². The number of methoxy groups -OCH3 is 1. The number of ether oxygens (including phenoxy) is 6. The Balaban J connectivity index is 1.80. The van der Waals surface area contributed by atoms with Crippen LogP contribution in [0, 0.1) is 34.8 Å². The van der Waals surface area contributed by atoms with Crippen LogP contribution in [-0.4, -0.2) is 161 Å². The van der Waals surface area contributed by atoms with Gasteiger partial charge in [0.25, 0.3) is 0 Å². The Morgan fingerprint density at radius 1 is 0.969 bits per heavy atom. The molecule has 14 nitrogen and oxygen atoms in total. The molecule has 4 rings (SSSR count). The topological polar surface area (TPSA) is 172 Å². The van der Waals surface area contributed by atoms with Crippen LogP contribution in [-0.2, 0) is 39.8 Å². The maximum absolute atomic E-state index is 14.6. The Hall–Kier alpha value is -1.93. The number of hydrogen-bond acceptors (Lipinski definition) is 14. The van der Waals surface area contributed by atoms with Gasteiger partial charge >= 0.3 is 5.97 Å². The molecule has 0 radical (unpaired) electrons. The molecule has 16 heteroatoms. The SMILES string of the molecule is CCCN1C[C@H](C)[C@@H](O)[C@](C)(O)[C@@H](CC)OC(=O)[C@H](C)[C@H](O[C@@H]2C[C@](C)(OC)[C@@](O)(CNCc3ccc(F)cc3F)[C@H](C)O2)[C@H](C)[C@@H](O[C@@H]2O[C@H](C)C[C@H](N(C)C)[C@H]2O)C(C)(C)C[C@H]1C. The van der Waals surface area contributed by atoms with Gasteiger partial charge in [0.1, 0.15) is 40.6 Å². The number of carbonyl (C=O) groups is 1. The summed E-state index contributed by atoms with van der Waals surface area (Å²) in [6.07, 6.45) is -5.93. The van der Waals surface area contributed by atoms with Crippen LogP contribution in [0.2, 0.25) is 0 Å². The number of benzene rings is 1. The lowest BCUT2D eigenvalue weighted by atomic mass is 9.72. The first-order valence-electron chi connectivity index (χ1n) is 23.9. The summed E-state index contributed by atoms with van der Waals surface area (Å²) >= 11 is 0. The van der Waals surface area contributed by atoms with Crippen molar-refractivity contribution < 1.29 is 62.4 Å². The lowest BCUT2D eigenvalue weighted by Gasteiger charge is -2.54. The second-order valence-corrected chi connectivity index (χ2v) is 21.0. The van der Waals surface area contributed by atoms with Gasteiger partial charge in [-0.1, -0.05) is 47.6 Å². The highest BCUT2D eigenvalue weighted by Gasteiger charge is 2.58. The number of aliphatic hydroxyl groups is 4. The van der Waals surface area contributed by atoms with Gasteiger partial charge in [0, 0.05) is 62.8 Å². The second kappa shape index (κ2) is 22.7. The van der Waals surface area contributed by atoms with E-state index in [4.69, 9.17) is 28.4 Å². The van der Waals surface area contributed by atoms with E-state index in [0.29, 0.717) is 19.4 Å². The molecule has 3 heterocycles. The lowest BCUT2D eigenvalue weighted by Crippen LogP contribution is -2.70. The number of esters is 1. The largest absolute Gasteiger partial charge is 0.459 e. The molecule has 0 aromatic heterocycles. The molecule has 3 saturated heterocycles. The van der Waals surface area contributed by atoms with Gasteiger partial charge in [-0.05, 0) is 105 Å². The molecule has 0 spiro atoms. The van der Waals surface area contributed by atoms with Gasteiger partial charge in [-0.3, -0.25) is 4.79 Å². The number of hydrogen-bond donors (Lipinski definition) is 5. The van der Waals surface area contributed by atoms with Crippen molar-refractivity contribution in [2.45, 2.75) is 206 Å². The highest BCUT2D eigenvalue weighted by Crippen LogP contribution is 2.45. The van der Waals surface area contributed by atoms with E-state index in [0.717, 1.165) is 19.0 Å². The molecule has 1 aromatic rings. The summed E-state index contributed by atoms with van der Waals surface area (Å²) in [7, 11) is 5.31. The Morgan fingerprint density at radius 2 is 1.63 bits per heavy atom. The zero-order chi connectivity index (χ0) is 49.0. The van der Waals surface area contributed by atoms with Gasteiger partial charge in [-0.25, -0.2) is 8.78 Å². The fraction of sp³-hybridized carbons (Fsp3) is 0.857. The number of aliphatic hydroxyl groups excluding tert-OH is 2. The van der Waals surface area contributed by atoms with Crippen molar-refractivity contribution >= 4 is 5.97 Å². The van der Waals surface area contributed by atoms with E-state index in [1.807, 2.05) is 39.8 Å². The van der Waals surface area contributed by atoms with E-state index in [1.165, 1.54) is 26.2 Å². The van der Waals surface area contributed by atoms with E-state index in [-0.39, 0.29) is 49.7 Å². The highest BCUT2D eigenvalue weighted by molar-refractivity contribution is 5.73. The first kappa shape index (κ1) is 55.7. The summed E-state index contributed by atoms with van der Waals surface area (Å²) < 4.78 is 67.4. The fourth-order valence-electron chi connectivity index (χ4n) is 10.9. The number of halogens is 2. The molecule has 65 heavy (non-hydrogen) atoms. The molecule has 3 aliphatic heterocycles. The molecule has 0 saturated carbocycles. The van der Waals surface area contributed by atoms with Crippen molar-refractivity contribution in [1.82, 2.24) is 15.1 Å². The van der Waals surface area contributed by atoms with Crippen LogP contribution in [0.5, 0.6) is 0 Å². The molecular weight excluding hydrogens is 845 g/mol. The predicted molar refractivity (Wildman–Crippen MR) is 244 cm³/mol. The van der Waals surface area contributed by atoms with E-state index < -0.39 is 107 Å². The van der Waals surface area contributed by atoms with Crippen LogP contribution < -0.4 is 5.32 Å². The summed E-state index contributed by atoms with van der Waals surface area (Å²) in [6.45, 7) is 23.8. The van der Waals surface area contributed by atoms with Crippen LogP contribution in [0.15, 0.2) is 18.2 Å². The number of nitrogens with one attached hydrogen (secondary N) is 1. The van der Waals surface area contributed by atoms with Crippen molar-refractivity contribution in [3.63, 3.8) is 0 Å². The predicted octanol–water partition coefficient (Wildman–Crippen LogP) is 5.39. The molecule has 0 unspecified atom stereocenters. The number of rotatable bonds is 13. The third-order valence-corrected chi connectivity index (χ3v) is 15.1. The number of carbonyl (C=O) groups excluding carboxylic acids is 1.